The van der Waals surface area contributed by atoms with Gasteiger partial charge in [-0.1, -0.05) is 35.8 Å². The molecule has 0 bridgehead atoms. The number of rotatable bonds is 7. The van der Waals surface area contributed by atoms with Crippen molar-refractivity contribution < 1.29 is 14.1 Å². The average Bonchev–Trinajstić information content (AvgIpc) is 3.14. The molecule has 27 heavy (non-hydrogen) atoms. The average molecular weight is 386 g/mol. The Hall–Kier alpha value is -2.86. The molecule has 0 aliphatic carbocycles. The third kappa shape index (κ3) is 4.65. The quantitative estimate of drug-likeness (QED) is 0.601. The molecule has 0 aliphatic heterocycles. The van der Waals surface area contributed by atoms with Crippen molar-refractivity contribution in [3.8, 4) is 17.1 Å². The maximum absolute atomic E-state index is 12.6. The summed E-state index contributed by atoms with van der Waals surface area (Å²) >= 11 is 6.15. The van der Waals surface area contributed by atoms with Crippen LogP contribution in [-0.2, 0) is 6.54 Å². The molecule has 1 amide bonds. The Morgan fingerprint density at radius 2 is 1.93 bits per heavy atom. The van der Waals surface area contributed by atoms with Crippen LogP contribution >= 0.6 is 11.6 Å². The van der Waals surface area contributed by atoms with Crippen LogP contribution in [0.25, 0.3) is 11.4 Å². The van der Waals surface area contributed by atoms with Gasteiger partial charge in [0.25, 0.3) is 5.91 Å². The van der Waals surface area contributed by atoms with Crippen LogP contribution in [0.5, 0.6) is 5.75 Å². The summed E-state index contributed by atoms with van der Waals surface area (Å²) in [6.45, 7) is 2.89. The van der Waals surface area contributed by atoms with E-state index in [1.807, 2.05) is 25.1 Å². The van der Waals surface area contributed by atoms with Crippen molar-refractivity contribution >= 4 is 17.5 Å². The minimum Gasteiger partial charge on any atom is -0.494 e. The molecule has 7 heteroatoms. The summed E-state index contributed by atoms with van der Waals surface area (Å²) in [5, 5.41) is 4.49. The highest BCUT2D eigenvalue weighted by atomic mass is 35.5. The lowest BCUT2D eigenvalue weighted by molar-refractivity contribution is 0.0769. The molecule has 0 fully saturated rings. The number of hydrogen-bond donors (Lipinski definition) is 0. The molecule has 0 saturated carbocycles. The van der Waals surface area contributed by atoms with E-state index in [2.05, 4.69) is 10.1 Å². The van der Waals surface area contributed by atoms with Gasteiger partial charge >= 0.3 is 0 Å². The molecule has 140 valence electrons. The van der Waals surface area contributed by atoms with Gasteiger partial charge in [0.2, 0.25) is 11.7 Å². The summed E-state index contributed by atoms with van der Waals surface area (Å²) < 4.78 is 10.8. The third-order valence-electron chi connectivity index (χ3n) is 3.88. The van der Waals surface area contributed by atoms with E-state index in [0.717, 1.165) is 12.2 Å². The molecule has 0 saturated heterocycles. The van der Waals surface area contributed by atoms with Gasteiger partial charge in [-0.3, -0.25) is 4.79 Å². The lowest BCUT2D eigenvalue weighted by Gasteiger charge is -2.15. The van der Waals surface area contributed by atoms with E-state index in [9.17, 15) is 4.79 Å². The van der Waals surface area contributed by atoms with E-state index in [-0.39, 0.29) is 12.5 Å². The molecule has 1 aromatic heterocycles. The van der Waals surface area contributed by atoms with Gasteiger partial charge in [-0.05, 0) is 42.8 Å². The number of benzene rings is 2. The van der Waals surface area contributed by atoms with Crippen LogP contribution in [0.3, 0.4) is 0 Å². The van der Waals surface area contributed by atoms with E-state index in [1.165, 1.54) is 4.90 Å². The second-order valence-electron chi connectivity index (χ2n) is 6.03. The van der Waals surface area contributed by atoms with Crippen molar-refractivity contribution in [3.63, 3.8) is 0 Å². The molecule has 0 spiro atoms. The maximum atomic E-state index is 12.6. The van der Waals surface area contributed by atoms with Gasteiger partial charge < -0.3 is 14.2 Å². The van der Waals surface area contributed by atoms with Gasteiger partial charge in [0.15, 0.2) is 0 Å². The van der Waals surface area contributed by atoms with Gasteiger partial charge in [0, 0.05) is 18.2 Å². The molecule has 0 unspecified atom stereocenters. The van der Waals surface area contributed by atoms with E-state index in [4.69, 9.17) is 20.9 Å². The molecule has 3 aromatic rings. The number of carbonyl (C=O) groups is 1. The minimum absolute atomic E-state index is 0.144. The highest BCUT2D eigenvalue weighted by Crippen LogP contribution is 2.25. The van der Waals surface area contributed by atoms with Crippen molar-refractivity contribution in [2.75, 3.05) is 13.7 Å². The molecular weight excluding hydrogens is 366 g/mol. The Labute approximate surface area is 162 Å². The number of halogens is 1. The zero-order valence-corrected chi connectivity index (χ0v) is 15.9. The Morgan fingerprint density at radius 3 is 2.63 bits per heavy atom. The highest BCUT2D eigenvalue weighted by molar-refractivity contribution is 6.33. The Balaban J connectivity index is 1.66. The first kappa shape index (κ1) is 18.9. The molecule has 0 radical (unpaired) electrons. The van der Waals surface area contributed by atoms with Gasteiger partial charge in [-0.2, -0.15) is 4.98 Å². The van der Waals surface area contributed by atoms with Crippen molar-refractivity contribution in [2.24, 2.45) is 0 Å². The van der Waals surface area contributed by atoms with E-state index in [0.29, 0.717) is 34.5 Å². The van der Waals surface area contributed by atoms with E-state index >= 15 is 0 Å². The molecule has 0 atom stereocenters. The molecule has 0 N–H and O–H groups in total. The van der Waals surface area contributed by atoms with Crippen LogP contribution in [0.4, 0.5) is 0 Å². The Morgan fingerprint density at radius 1 is 1.19 bits per heavy atom. The van der Waals surface area contributed by atoms with Crippen LogP contribution in [0.15, 0.2) is 53.1 Å². The largest absolute Gasteiger partial charge is 0.494 e. The summed E-state index contributed by atoms with van der Waals surface area (Å²) in [5.41, 5.74) is 1.25. The predicted octanol–water partition coefficient (Wildman–Crippen LogP) is 4.45. The summed E-state index contributed by atoms with van der Waals surface area (Å²) in [5.74, 6) is 1.34. The first-order chi connectivity index (χ1) is 13.1. The number of aromatic nitrogens is 2. The fraction of sp³-hybridized carbons (Fsp3) is 0.250. The first-order valence-electron chi connectivity index (χ1n) is 8.64. The van der Waals surface area contributed by atoms with Crippen molar-refractivity contribution in [1.82, 2.24) is 15.0 Å². The second kappa shape index (κ2) is 8.68. The van der Waals surface area contributed by atoms with Crippen LogP contribution in [0, 0.1) is 0 Å². The lowest BCUT2D eigenvalue weighted by atomic mass is 10.2. The fourth-order valence-corrected chi connectivity index (χ4v) is 2.70. The number of ether oxygens (including phenoxy) is 1. The molecular formula is C20H20ClN3O3. The second-order valence-corrected chi connectivity index (χ2v) is 6.43. The van der Waals surface area contributed by atoms with E-state index in [1.54, 1.807) is 37.4 Å². The lowest BCUT2D eigenvalue weighted by Crippen LogP contribution is -2.26. The summed E-state index contributed by atoms with van der Waals surface area (Å²) in [6.07, 6.45) is 0.934. The fourth-order valence-electron chi connectivity index (χ4n) is 2.48. The third-order valence-corrected chi connectivity index (χ3v) is 4.21. The number of carbonyl (C=O) groups excluding carboxylic acids is 1. The topological polar surface area (TPSA) is 68.5 Å². The predicted molar refractivity (Wildman–Crippen MR) is 103 cm³/mol. The van der Waals surface area contributed by atoms with Crippen molar-refractivity contribution in [2.45, 2.75) is 19.9 Å². The van der Waals surface area contributed by atoms with E-state index < -0.39 is 0 Å². The SMILES string of the molecule is CCCOc1ccc(C(=O)N(C)Cc2nc(-c3ccccc3Cl)no2)cc1. The van der Waals surface area contributed by atoms with Crippen LogP contribution in [-0.4, -0.2) is 34.6 Å². The normalized spacial score (nSPS) is 10.6. The standard InChI is InChI=1S/C20H20ClN3O3/c1-3-12-26-15-10-8-14(9-11-15)20(25)24(2)13-18-22-19(23-27-18)16-6-4-5-7-17(16)21/h4-11H,3,12-13H2,1-2H3. The molecule has 6 nitrogen and oxygen atoms in total. The number of nitrogens with zero attached hydrogens (tertiary/aromatic N) is 3. The zero-order valence-electron chi connectivity index (χ0n) is 15.2. The van der Waals surface area contributed by atoms with Gasteiger partial charge in [-0.25, -0.2) is 0 Å². The summed E-state index contributed by atoms with van der Waals surface area (Å²) in [4.78, 5) is 18.4. The first-order valence-corrected chi connectivity index (χ1v) is 9.02. The Bertz CT molecular complexity index is 909. The maximum Gasteiger partial charge on any atom is 0.254 e. The van der Waals surface area contributed by atoms with Gasteiger partial charge in [0.05, 0.1) is 18.2 Å². The van der Waals surface area contributed by atoms with Crippen molar-refractivity contribution in [3.05, 3.63) is 65.0 Å². The van der Waals surface area contributed by atoms with Crippen LogP contribution in [0.1, 0.15) is 29.6 Å². The summed E-state index contributed by atoms with van der Waals surface area (Å²) in [7, 11) is 1.68. The van der Waals surface area contributed by atoms with Crippen LogP contribution < -0.4 is 4.74 Å². The van der Waals surface area contributed by atoms with Gasteiger partial charge in [-0.15, -0.1) is 0 Å². The summed E-state index contributed by atoms with van der Waals surface area (Å²) in [6, 6.07) is 14.3. The van der Waals surface area contributed by atoms with Gasteiger partial charge in [0.1, 0.15) is 5.75 Å². The van der Waals surface area contributed by atoms with Crippen LogP contribution in [0.2, 0.25) is 5.02 Å². The smallest absolute Gasteiger partial charge is 0.254 e. The number of amides is 1. The van der Waals surface area contributed by atoms with Crippen molar-refractivity contribution in [1.29, 1.82) is 0 Å². The zero-order chi connectivity index (χ0) is 19.2. The molecule has 3 rings (SSSR count). The minimum atomic E-state index is -0.144. The Kier molecular flexibility index (Phi) is 6.08. The molecule has 2 aromatic carbocycles. The molecule has 1 heterocycles. The molecule has 0 aliphatic rings. The highest BCUT2D eigenvalue weighted by Gasteiger charge is 2.17. The monoisotopic (exact) mass is 385 g/mol. The number of hydrogen-bond acceptors (Lipinski definition) is 5.